The van der Waals surface area contributed by atoms with Crippen molar-refractivity contribution in [3.63, 3.8) is 0 Å². The average Bonchev–Trinajstić information content (AvgIpc) is 3.72. The molecule has 9 aromatic rings. The number of nitrogens with zero attached hydrogens (tertiary/aromatic N) is 4. The van der Waals surface area contributed by atoms with Crippen LogP contribution in [0.15, 0.2) is 229 Å². The van der Waals surface area contributed by atoms with Crippen molar-refractivity contribution in [2.75, 3.05) is 21.7 Å². The molecule has 2 aliphatic rings. The Morgan fingerprint density at radius 3 is 0.970 bits per heavy atom. The second-order valence-corrected chi connectivity index (χ2v) is 18.4. The van der Waals surface area contributed by atoms with E-state index in [-0.39, 0.29) is 10.8 Å². The Morgan fingerprint density at radius 1 is 0.318 bits per heavy atom. The van der Waals surface area contributed by atoms with Gasteiger partial charge < -0.3 is 9.80 Å². The van der Waals surface area contributed by atoms with Crippen LogP contribution in [0.5, 0.6) is 0 Å². The first kappa shape index (κ1) is 40.8. The highest BCUT2D eigenvalue weighted by Gasteiger charge is 2.42. The van der Waals surface area contributed by atoms with Gasteiger partial charge >= 0.3 is 0 Å². The largest absolute Gasteiger partial charge is 0.310 e. The molecule has 0 fully saturated rings. The van der Waals surface area contributed by atoms with Crippen LogP contribution in [0.3, 0.4) is 0 Å². The van der Waals surface area contributed by atoms with Crippen LogP contribution in [0.2, 0.25) is 0 Å². The van der Waals surface area contributed by atoms with Gasteiger partial charge in [-0.05, 0) is 166 Å². The van der Waals surface area contributed by atoms with E-state index in [2.05, 4.69) is 267 Å². The number of benzene rings is 9. The zero-order valence-electron chi connectivity index (χ0n) is 38.2. The van der Waals surface area contributed by atoms with E-state index in [0.717, 1.165) is 56.9 Å². The van der Waals surface area contributed by atoms with Crippen molar-refractivity contribution in [3.8, 4) is 22.3 Å². The molecule has 66 heavy (non-hydrogen) atoms. The zero-order chi connectivity index (χ0) is 45.0. The van der Waals surface area contributed by atoms with Crippen LogP contribution >= 0.6 is 0 Å². The summed E-state index contributed by atoms with van der Waals surface area (Å²) < 4.78 is 0. The number of para-hydroxylation sites is 5. The Bertz CT molecular complexity index is 3150. The van der Waals surface area contributed by atoms with Crippen LogP contribution in [0.1, 0.15) is 55.5 Å². The van der Waals surface area contributed by atoms with Gasteiger partial charge in [-0.2, -0.15) is 0 Å². The number of fused-ring (bicyclic) bond motifs is 6. The van der Waals surface area contributed by atoms with E-state index in [1.54, 1.807) is 0 Å². The molecule has 0 radical (unpaired) electrons. The van der Waals surface area contributed by atoms with Gasteiger partial charge in [-0.3, -0.25) is 9.89 Å². The number of rotatable bonds is 9. The Balaban J connectivity index is 0.957. The Labute approximate surface area is 389 Å². The molecule has 0 saturated carbocycles. The van der Waals surface area contributed by atoms with E-state index < -0.39 is 0 Å². The lowest BCUT2D eigenvalue weighted by molar-refractivity contribution is 0.652. The van der Waals surface area contributed by atoms with Crippen molar-refractivity contribution >= 4 is 51.3 Å². The average molecular weight is 853 g/mol. The first-order chi connectivity index (χ1) is 32.2. The van der Waals surface area contributed by atoms with Crippen LogP contribution in [-0.4, -0.2) is 12.9 Å². The van der Waals surface area contributed by atoms with Crippen LogP contribution in [0.25, 0.3) is 22.3 Å². The molecule has 0 spiro atoms. The van der Waals surface area contributed by atoms with Gasteiger partial charge in [0.15, 0.2) is 0 Å². The van der Waals surface area contributed by atoms with Gasteiger partial charge in [0.25, 0.3) is 0 Å². The normalized spacial score (nSPS) is 13.9. The third kappa shape index (κ3) is 6.80. The van der Waals surface area contributed by atoms with E-state index >= 15 is 0 Å². The fourth-order valence-corrected chi connectivity index (χ4v) is 10.5. The molecule has 320 valence electrons. The van der Waals surface area contributed by atoms with Crippen molar-refractivity contribution in [2.45, 2.75) is 38.5 Å². The number of hydrogen-bond donors (Lipinski definition) is 0. The lowest BCUT2D eigenvalue weighted by Crippen LogP contribution is -2.27. The predicted molar refractivity (Wildman–Crippen MR) is 278 cm³/mol. The lowest BCUT2D eigenvalue weighted by atomic mass is 9.79. The molecule has 0 atom stereocenters. The molecule has 4 nitrogen and oxygen atoms in total. The van der Waals surface area contributed by atoms with Gasteiger partial charge in [0, 0.05) is 68.9 Å². The van der Waals surface area contributed by atoms with Crippen LogP contribution < -0.4 is 14.7 Å². The maximum absolute atomic E-state index is 4.88. The number of anilines is 8. The van der Waals surface area contributed by atoms with Crippen LogP contribution in [0.4, 0.5) is 45.5 Å². The van der Waals surface area contributed by atoms with Crippen molar-refractivity contribution in [1.29, 1.82) is 0 Å². The first-order valence-corrected chi connectivity index (χ1v) is 22.9. The molecule has 0 N–H and O–H groups in total. The van der Waals surface area contributed by atoms with E-state index in [1.807, 2.05) is 7.05 Å². The molecule has 2 aliphatic carbocycles. The van der Waals surface area contributed by atoms with Crippen LogP contribution in [-0.2, 0) is 10.8 Å². The molecule has 0 heterocycles. The molecule has 0 aromatic heterocycles. The van der Waals surface area contributed by atoms with E-state index in [4.69, 9.17) is 4.99 Å². The smallest absolute Gasteiger partial charge is 0.139 e. The summed E-state index contributed by atoms with van der Waals surface area (Å²) in [6.45, 7) is 9.58. The molecular formula is C62H52N4. The summed E-state index contributed by atoms with van der Waals surface area (Å²) in [6.07, 6.45) is 0. The summed E-state index contributed by atoms with van der Waals surface area (Å²) in [7, 11) is 1.87. The van der Waals surface area contributed by atoms with Crippen molar-refractivity contribution < 1.29 is 0 Å². The molecule has 9 aromatic carbocycles. The molecule has 0 saturated heterocycles. The third-order valence-corrected chi connectivity index (χ3v) is 13.8. The van der Waals surface area contributed by atoms with E-state index in [1.165, 1.54) is 44.5 Å². The quantitative estimate of drug-likeness (QED) is 0.107. The van der Waals surface area contributed by atoms with Gasteiger partial charge in [-0.1, -0.05) is 131 Å². The minimum Gasteiger partial charge on any atom is -0.310 e. The van der Waals surface area contributed by atoms with Crippen molar-refractivity contribution in [3.05, 3.63) is 252 Å². The second-order valence-electron chi connectivity index (χ2n) is 18.4. The Kier molecular flexibility index (Phi) is 10.0. The summed E-state index contributed by atoms with van der Waals surface area (Å²) in [5.74, 6) is 0.877. The monoisotopic (exact) mass is 852 g/mol. The fourth-order valence-electron chi connectivity index (χ4n) is 10.5. The fraction of sp³-hybridized carbons (Fsp3) is 0.113. The molecule has 0 amide bonds. The Morgan fingerprint density at radius 2 is 0.621 bits per heavy atom. The summed E-state index contributed by atoms with van der Waals surface area (Å²) in [5, 5.41) is 0. The number of amidine groups is 1. The lowest BCUT2D eigenvalue weighted by Gasteiger charge is -2.29. The zero-order valence-corrected chi connectivity index (χ0v) is 38.2. The van der Waals surface area contributed by atoms with Crippen molar-refractivity contribution in [2.24, 2.45) is 4.99 Å². The standard InChI is InChI=1S/C62H52N4/c1-61(2)56-39-50(64(44-21-11-6-12-22-44)45-23-13-7-14-24-45)35-37-52(56)54-41-59-55(42-58(54)61)53-38-36-51(40-57(53)62(59,3)4)65(46-25-15-8-16-26-46)49-33-31-43(32-34-49)60(63-5)66(47-27-17-9-18-28-47)48-29-19-10-20-30-48/h6-42H,1-5H3/b63-60+. The first-order valence-electron chi connectivity index (χ1n) is 22.9. The van der Waals surface area contributed by atoms with Crippen LogP contribution in [0, 0.1) is 0 Å². The highest BCUT2D eigenvalue weighted by atomic mass is 15.2. The van der Waals surface area contributed by atoms with Gasteiger partial charge in [0.1, 0.15) is 5.84 Å². The maximum Gasteiger partial charge on any atom is 0.139 e. The molecule has 0 bridgehead atoms. The minimum absolute atomic E-state index is 0.195. The SMILES string of the molecule is C/N=C(\c1ccc(N(c2ccccc2)c2ccc3c(c2)C(C)(C)c2cc4c(cc2-3)C(C)(C)c2cc(N(c3ccccc3)c3ccccc3)ccc2-4)cc1)N(c1ccccc1)c1ccccc1. The second kappa shape index (κ2) is 16.2. The number of aliphatic imine (C=N–C) groups is 1. The van der Waals surface area contributed by atoms with Crippen molar-refractivity contribution in [1.82, 2.24) is 0 Å². The Hall–Kier alpha value is -7.95. The number of hydrogen-bond acceptors (Lipinski definition) is 3. The minimum atomic E-state index is -0.225. The summed E-state index contributed by atoms with van der Waals surface area (Å²) in [4.78, 5) is 11.9. The highest BCUT2D eigenvalue weighted by Crippen LogP contribution is 2.57. The van der Waals surface area contributed by atoms with E-state index in [9.17, 15) is 0 Å². The summed E-state index contributed by atoms with van der Waals surface area (Å²) >= 11 is 0. The molecule has 0 aliphatic heterocycles. The molecule has 4 heteroatoms. The van der Waals surface area contributed by atoms with Gasteiger partial charge in [-0.15, -0.1) is 0 Å². The molecular weight excluding hydrogens is 801 g/mol. The van der Waals surface area contributed by atoms with Gasteiger partial charge in [0.05, 0.1) is 0 Å². The molecule has 11 rings (SSSR count). The maximum atomic E-state index is 4.88. The molecule has 0 unspecified atom stereocenters. The van der Waals surface area contributed by atoms with E-state index in [0.29, 0.717) is 0 Å². The summed E-state index contributed by atoms with van der Waals surface area (Å²) in [5.41, 5.74) is 20.2. The predicted octanol–water partition coefficient (Wildman–Crippen LogP) is 16.5. The van der Waals surface area contributed by atoms with Gasteiger partial charge in [-0.25, -0.2) is 0 Å². The summed E-state index contributed by atoms with van der Waals surface area (Å²) in [6, 6.07) is 81.1. The van der Waals surface area contributed by atoms with Gasteiger partial charge in [0.2, 0.25) is 0 Å². The topological polar surface area (TPSA) is 22.1 Å². The third-order valence-electron chi connectivity index (χ3n) is 13.8. The highest BCUT2D eigenvalue weighted by molar-refractivity contribution is 6.14.